The van der Waals surface area contributed by atoms with Gasteiger partial charge in [-0.05, 0) is 18.1 Å². The highest BCUT2D eigenvalue weighted by molar-refractivity contribution is 5.58. The van der Waals surface area contributed by atoms with Gasteiger partial charge in [0.15, 0.2) is 0 Å². The summed E-state index contributed by atoms with van der Waals surface area (Å²) in [5.41, 5.74) is 3.40. The Kier molecular flexibility index (Phi) is 2.31. The van der Waals surface area contributed by atoms with E-state index < -0.39 is 0 Å². The molecule has 0 radical (unpaired) electrons. The van der Waals surface area contributed by atoms with Gasteiger partial charge >= 0.3 is 0 Å². The maximum absolute atomic E-state index is 4.07. The highest BCUT2D eigenvalue weighted by atomic mass is 15.4. The largest absolute Gasteiger partial charge is 0.255 e. The van der Waals surface area contributed by atoms with E-state index in [0.29, 0.717) is 0 Å². The molecule has 0 spiro atoms. The minimum atomic E-state index is 0.933. The lowest BCUT2D eigenvalue weighted by Crippen LogP contribution is -1.85. The van der Waals surface area contributed by atoms with Crippen molar-refractivity contribution in [3.05, 3.63) is 36.0 Å². The molecule has 0 atom stereocenters. The van der Waals surface area contributed by atoms with Gasteiger partial charge in [-0.3, -0.25) is 4.68 Å². The van der Waals surface area contributed by atoms with Crippen LogP contribution < -0.4 is 0 Å². The Labute approximate surface area is 83.4 Å². The van der Waals surface area contributed by atoms with E-state index in [1.807, 2.05) is 13.2 Å². The van der Waals surface area contributed by atoms with Gasteiger partial charge in [-0.2, -0.15) is 0 Å². The number of benzene rings is 1. The molecule has 0 amide bonds. The molecule has 0 fully saturated rings. The van der Waals surface area contributed by atoms with Crippen LogP contribution in [0.2, 0.25) is 0 Å². The second-order valence-corrected chi connectivity index (χ2v) is 3.33. The fraction of sp³-hybridized carbons (Fsp3) is 0.273. The van der Waals surface area contributed by atoms with Crippen molar-refractivity contribution in [3.8, 4) is 11.3 Å². The van der Waals surface area contributed by atoms with Gasteiger partial charge < -0.3 is 0 Å². The predicted octanol–water partition coefficient (Wildman–Crippen LogP) is 2.04. The van der Waals surface area contributed by atoms with Gasteiger partial charge in [0.2, 0.25) is 0 Å². The van der Waals surface area contributed by atoms with E-state index in [0.717, 1.165) is 17.7 Å². The zero-order valence-corrected chi connectivity index (χ0v) is 8.44. The molecule has 0 aliphatic heterocycles. The molecular weight excluding hydrogens is 174 g/mol. The molecule has 1 aromatic carbocycles. The minimum Gasteiger partial charge on any atom is -0.255 e. The summed E-state index contributed by atoms with van der Waals surface area (Å²) in [7, 11) is 1.88. The summed E-state index contributed by atoms with van der Waals surface area (Å²) in [6, 6.07) is 8.40. The molecule has 3 heteroatoms. The first-order chi connectivity index (χ1) is 6.79. The lowest BCUT2D eigenvalue weighted by molar-refractivity contribution is 0.715. The third-order valence-electron chi connectivity index (χ3n) is 2.23. The van der Waals surface area contributed by atoms with E-state index in [9.17, 15) is 0 Å². The molecule has 0 unspecified atom stereocenters. The van der Waals surface area contributed by atoms with Gasteiger partial charge in [0, 0.05) is 12.6 Å². The average molecular weight is 187 g/mol. The molecular formula is C11H13N3. The second kappa shape index (κ2) is 3.62. The monoisotopic (exact) mass is 187 g/mol. The number of nitrogens with zero attached hydrogens (tertiary/aromatic N) is 3. The van der Waals surface area contributed by atoms with Crippen LogP contribution in [0.1, 0.15) is 12.5 Å². The lowest BCUT2D eigenvalue weighted by Gasteiger charge is -1.98. The molecule has 1 heterocycles. The van der Waals surface area contributed by atoms with Crippen LogP contribution >= 0.6 is 0 Å². The van der Waals surface area contributed by atoms with Crippen LogP contribution in [0.3, 0.4) is 0 Å². The van der Waals surface area contributed by atoms with Crippen molar-refractivity contribution in [2.24, 2.45) is 7.05 Å². The molecule has 0 bridgehead atoms. The van der Waals surface area contributed by atoms with Crippen molar-refractivity contribution in [1.29, 1.82) is 0 Å². The summed E-state index contributed by atoms with van der Waals surface area (Å²) in [4.78, 5) is 0. The van der Waals surface area contributed by atoms with Crippen LogP contribution in [0.4, 0.5) is 0 Å². The molecule has 72 valence electrons. The van der Waals surface area contributed by atoms with Crippen molar-refractivity contribution in [1.82, 2.24) is 15.0 Å². The van der Waals surface area contributed by atoms with Crippen molar-refractivity contribution in [2.45, 2.75) is 13.3 Å². The van der Waals surface area contributed by atoms with Gasteiger partial charge in [0.05, 0.1) is 6.20 Å². The molecule has 14 heavy (non-hydrogen) atoms. The Morgan fingerprint density at radius 3 is 2.86 bits per heavy atom. The van der Waals surface area contributed by atoms with Crippen LogP contribution in [-0.4, -0.2) is 15.0 Å². The van der Waals surface area contributed by atoms with Crippen LogP contribution in [0.25, 0.3) is 11.3 Å². The van der Waals surface area contributed by atoms with Gasteiger partial charge in [-0.1, -0.05) is 30.3 Å². The summed E-state index contributed by atoms with van der Waals surface area (Å²) < 4.78 is 1.72. The normalized spacial score (nSPS) is 10.4. The highest BCUT2D eigenvalue weighted by Gasteiger charge is 2.01. The molecule has 0 saturated heterocycles. The number of aromatic nitrogens is 3. The van der Waals surface area contributed by atoms with Gasteiger partial charge in [-0.25, -0.2) is 0 Å². The SMILES string of the molecule is CCc1cccc(-c2cn(C)nn2)c1. The topological polar surface area (TPSA) is 30.7 Å². The number of rotatable bonds is 2. The van der Waals surface area contributed by atoms with Crippen molar-refractivity contribution in [3.63, 3.8) is 0 Å². The number of hydrogen-bond acceptors (Lipinski definition) is 2. The molecule has 0 N–H and O–H groups in total. The summed E-state index contributed by atoms with van der Waals surface area (Å²) in [5.74, 6) is 0. The Morgan fingerprint density at radius 1 is 1.36 bits per heavy atom. The van der Waals surface area contributed by atoms with Crippen molar-refractivity contribution >= 4 is 0 Å². The van der Waals surface area contributed by atoms with E-state index in [1.165, 1.54) is 5.56 Å². The van der Waals surface area contributed by atoms with Crippen LogP contribution in [0.15, 0.2) is 30.5 Å². The quantitative estimate of drug-likeness (QED) is 0.720. The first-order valence-corrected chi connectivity index (χ1v) is 4.75. The Morgan fingerprint density at radius 2 is 2.21 bits per heavy atom. The van der Waals surface area contributed by atoms with Gasteiger partial charge in [-0.15, -0.1) is 5.10 Å². The highest BCUT2D eigenvalue weighted by Crippen LogP contribution is 2.17. The Bertz CT molecular complexity index is 432. The summed E-state index contributed by atoms with van der Waals surface area (Å²) >= 11 is 0. The summed E-state index contributed by atoms with van der Waals surface area (Å²) in [6.45, 7) is 2.15. The van der Waals surface area contributed by atoms with Crippen molar-refractivity contribution in [2.75, 3.05) is 0 Å². The first kappa shape index (κ1) is 8.94. The molecule has 1 aromatic heterocycles. The van der Waals surface area contributed by atoms with Crippen LogP contribution in [0.5, 0.6) is 0 Å². The van der Waals surface area contributed by atoms with E-state index in [-0.39, 0.29) is 0 Å². The average Bonchev–Trinajstić information content (AvgIpc) is 2.65. The maximum Gasteiger partial charge on any atom is 0.113 e. The van der Waals surface area contributed by atoms with E-state index in [2.05, 4.69) is 41.5 Å². The fourth-order valence-corrected chi connectivity index (χ4v) is 1.43. The molecule has 2 aromatic rings. The number of aryl methyl sites for hydroxylation is 2. The standard InChI is InChI=1S/C11H13N3/c1-3-9-5-4-6-10(7-9)11-8-14(2)13-12-11/h4-8H,3H2,1-2H3. The maximum atomic E-state index is 4.07. The van der Waals surface area contributed by atoms with Gasteiger partial charge in [0.25, 0.3) is 0 Å². The second-order valence-electron chi connectivity index (χ2n) is 3.33. The third-order valence-corrected chi connectivity index (χ3v) is 2.23. The van der Waals surface area contributed by atoms with E-state index in [4.69, 9.17) is 0 Å². The van der Waals surface area contributed by atoms with Gasteiger partial charge in [0.1, 0.15) is 5.69 Å². The van der Waals surface area contributed by atoms with E-state index >= 15 is 0 Å². The lowest BCUT2D eigenvalue weighted by atomic mass is 10.1. The molecule has 0 aliphatic rings. The smallest absolute Gasteiger partial charge is 0.113 e. The van der Waals surface area contributed by atoms with Crippen molar-refractivity contribution < 1.29 is 0 Å². The predicted molar refractivity (Wildman–Crippen MR) is 55.8 cm³/mol. The fourth-order valence-electron chi connectivity index (χ4n) is 1.43. The minimum absolute atomic E-state index is 0.933. The zero-order chi connectivity index (χ0) is 9.97. The Hall–Kier alpha value is -1.64. The molecule has 0 aliphatic carbocycles. The van der Waals surface area contributed by atoms with Crippen LogP contribution in [-0.2, 0) is 13.5 Å². The Balaban J connectivity index is 2.41. The first-order valence-electron chi connectivity index (χ1n) is 4.75. The summed E-state index contributed by atoms with van der Waals surface area (Å²) in [5, 5.41) is 7.99. The molecule has 2 rings (SSSR count). The number of hydrogen-bond donors (Lipinski definition) is 0. The third kappa shape index (κ3) is 1.66. The molecule has 0 saturated carbocycles. The summed E-state index contributed by atoms with van der Waals surface area (Å²) in [6.07, 6.45) is 2.98. The molecule has 3 nitrogen and oxygen atoms in total. The zero-order valence-electron chi connectivity index (χ0n) is 8.44. The van der Waals surface area contributed by atoms with Crippen LogP contribution in [0, 0.1) is 0 Å². The van der Waals surface area contributed by atoms with E-state index in [1.54, 1.807) is 4.68 Å².